The Morgan fingerprint density at radius 1 is 0.871 bits per heavy atom. The predicted molar refractivity (Wildman–Crippen MR) is 113 cm³/mol. The van der Waals surface area contributed by atoms with Crippen LogP contribution in [0.4, 0.5) is 17.6 Å². The normalized spacial score (nSPS) is 14.3. The molecule has 0 aliphatic heterocycles. The van der Waals surface area contributed by atoms with E-state index in [4.69, 9.17) is 4.74 Å². The second-order valence-electron chi connectivity index (χ2n) is 8.05. The quantitative estimate of drug-likeness (QED) is 0.349. The van der Waals surface area contributed by atoms with Crippen LogP contribution < -0.4 is 4.74 Å². The molecule has 1 unspecified atom stereocenters. The van der Waals surface area contributed by atoms with Crippen LogP contribution in [0.25, 0.3) is 0 Å². The Morgan fingerprint density at radius 2 is 1.65 bits per heavy atom. The van der Waals surface area contributed by atoms with Gasteiger partial charge in [-0.3, -0.25) is 0 Å². The summed E-state index contributed by atoms with van der Waals surface area (Å²) < 4.78 is 61.0. The molecular weight excluding hydrogens is 404 g/mol. The van der Waals surface area contributed by atoms with E-state index in [0.29, 0.717) is 24.2 Å². The van der Waals surface area contributed by atoms with E-state index in [1.807, 2.05) is 12.1 Å². The lowest BCUT2D eigenvalue weighted by Crippen LogP contribution is -2.21. The summed E-state index contributed by atoms with van der Waals surface area (Å²) in [5.74, 6) is -1.40. The predicted octanol–water partition coefficient (Wildman–Crippen LogP) is 7.78. The van der Waals surface area contributed by atoms with Crippen molar-refractivity contribution in [2.75, 3.05) is 0 Å². The highest BCUT2D eigenvalue weighted by molar-refractivity contribution is 5.38. The molecule has 1 nitrogen and oxygen atoms in total. The van der Waals surface area contributed by atoms with Gasteiger partial charge < -0.3 is 4.74 Å². The number of para-hydroxylation sites is 1. The Kier molecular flexibility index (Phi) is 6.30. The topological polar surface area (TPSA) is 9.23 Å². The Hall–Kier alpha value is -2.82. The smallest absolute Gasteiger partial charge is 0.395 e. The molecule has 0 N–H and O–H groups in total. The molecule has 0 amide bonds. The molecule has 3 aromatic carbocycles. The lowest BCUT2D eigenvalue weighted by Gasteiger charge is -2.21. The van der Waals surface area contributed by atoms with Gasteiger partial charge in [0.15, 0.2) is 11.6 Å². The average molecular weight is 428 g/mol. The standard InChI is InChI=1S/C26H24F4O/c27-24-15-12-18(16-25(24)31-22-9-2-1-3-10-22)6-4-11-23(26(28,29)30)21-14-13-19-7-5-8-20(19)17-21/h1-3,9-10,12-17,23H,4-8,11H2. The minimum atomic E-state index is -4.29. The van der Waals surface area contributed by atoms with Crippen molar-refractivity contribution in [2.45, 2.75) is 50.6 Å². The highest BCUT2D eigenvalue weighted by atomic mass is 19.4. The zero-order valence-corrected chi connectivity index (χ0v) is 17.1. The van der Waals surface area contributed by atoms with Gasteiger partial charge in [0.05, 0.1) is 5.92 Å². The van der Waals surface area contributed by atoms with Crippen LogP contribution in [-0.2, 0) is 19.3 Å². The molecule has 31 heavy (non-hydrogen) atoms. The van der Waals surface area contributed by atoms with Crippen molar-refractivity contribution in [3.8, 4) is 11.5 Å². The molecule has 0 fully saturated rings. The largest absolute Gasteiger partial charge is 0.454 e. The number of rotatable bonds is 7. The summed E-state index contributed by atoms with van der Waals surface area (Å²) in [6.45, 7) is 0. The first-order valence-corrected chi connectivity index (χ1v) is 10.6. The molecule has 0 saturated heterocycles. The van der Waals surface area contributed by atoms with Gasteiger partial charge in [-0.1, -0.05) is 42.5 Å². The van der Waals surface area contributed by atoms with Gasteiger partial charge in [0.2, 0.25) is 0 Å². The van der Waals surface area contributed by atoms with Crippen molar-refractivity contribution in [1.29, 1.82) is 0 Å². The summed E-state index contributed by atoms with van der Waals surface area (Å²) >= 11 is 0. The SMILES string of the molecule is Fc1ccc(CCCC(c2ccc3c(c2)CCC3)C(F)(F)F)cc1Oc1ccccc1. The highest BCUT2D eigenvalue weighted by Gasteiger charge is 2.40. The summed E-state index contributed by atoms with van der Waals surface area (Å²) in [6, 6.07) is 18.5. The molecule has 0 saturated carbocycles. The molecular formula is C26H24F4O. The first-order valence-electron chi connectivity index (χ1n) is 10.6. The van der Waals surface area contributed by atoms with E-state index >= 15 is 0 Å². The minimum Gasteiger partial charge on any atom is -0.454 e. The molecule has 162 valence electrons. The van der Waals surface area contributed by atoms with Crippen molar-refractivity contribution >= 4 is 0 Å². The maximum absolute atomic E-state index is 14.1. The van der Waals surface area contributed by atoms with Crippen molar-refractivity contribution in [3.05, 3.63) is 94.8 Å². The second-order valence-corrected chi connectivity index (χ2v) is 8.05. The summed E-state index contributed by atoms with van der Waals surface area (Å²) in [4.78, 5) is 0. The fourth-order valence-corrected chi connectivity index (χ4v) is 4.24. The van der Waals surface area contributed by atoms with Crippen LogP contribution in [0.15, 0.2) is 66.7 Å². The molecule has 1 aliphatic carbocycles. The van der Waals surface area contributed by atoms with E-state index in [-0.39, 0.29) is 12.2 Å². The van der Waals surface area contributed by atoms with Crippen molar-refractivity contribution in [3.63, 3.8) is 0 Å². The van der Waals surface area contributed by atoms with E-state index in [9.17, 15) is 17.6 Å². The highest BCUT2D eigenvalue weighted by Crippen LogP contribution is 2.40. The third kappa shape index (κ3) is 5.27. The van der Waals surface area contributed by atoms with Gasteiger partial charge in [0.1, 0.15) is 5.75 Å². The summed E-state index contributed by atoms with van der Waals surface area (Å²) in [6.07, 6.45) is -0.725. The average Bonchev–Trinajstić information content (AvgIpc) is 3.21. The van der Waals surface area contributed by atoms with Crippen LogP contribution in [0.3, 0.4) is 0 Å². The molecule has 0 radical (unpaired) electrons. The first-order chi connectivity index (χ1) is 14.9. The van der Waals surface area contributed by atoms with E-state index in [0.717, 1.165) is 30.4 Å². The van der Waals surface area contributed by atoms with Gasteiger partial charge in [-0.2, -0.15) is 13.2 Å². The molecule has 4 rings (SSSR count). The number of halogens is 4. The third-order valence-electron chi connectivity index (χ3n) is 5.84. The molecule has 0 spiro atoms. The molecule has 1 atom stereocenters. The summed E-state index contributed by atoms with van der Waals surface area (Å²) in [7, 11) is 0. The van der Waals surface area contributed by atoms with Gasteiger partial charge in [-0.15, -0.1) is 0 Å². The van der Waals surface area contributed by atoms with E-state index in [1.165, 1.54) is 11.6 Å². The van der Waals surface area contributed by atoms with Crippen LogP contribution in [0.1, 0.15) is 47.4 Å². The molecule has 3 aromatic rings. The zero-order chi connectivity index (χ0) is 21.8. The van der Waals surface area contributed by atoms with Crippen LogP contribution in [0.2, 0.25) is 0 Å². The zero-order valence-electron chi connectivity index (χ0n) is 17.1. The van der Waals surface area contributed by atoms with Gasteiger partial charge in [-0.25, -0.2) is 4.39 Å². The fraction of sp³-hybridized carbons (Fsp3) is 0.308. The van der Waals surface area contributed by atoms with Gasteiger partial charge >= 0.3 is 6.18 Å². The molecule has 5 heteroatoms. The number of benzene rings is 3. The minimum absolute atomic E-state index is 0.00542. The number of fused-ring (bicyclic) bond motifs is 1. The number of alkyl halides is 3. The number of hydrogen-bond donors (Lipinski definition) is 0. The molecule has 1 aliphatic rings. The molecule has 0 bridgehead atoms. The summed E-state index contributed by atoms with van der Waals surface area (Å²) in [5.41, 5.74) is 3.32. The maximum atomic E-state index is 14.1. The van der Waals surface area contributed by atoms with Crippen molar-refractivity contribution < 1.29 is 22.3 Å². The fourth-order valence-electron chi connectivity index (χ4n) is 4.24. The third-order valence-corrected chi connectivity index (χ3v) is 5.84. The van der Waals surface area contributed by atoms with E-state index in [1.54, 1.807) is 48.5 Å². The van der Waals surface area contributed by atoms with E-state index < -0.39 is 17.9 Å². The van der Waals surface area contributed by atoms with Crippen molar-refractivity contribution in [2.24, 2.45) is 0 Å². The van der Waals surface area contributed by atoms with Crippen LogP contribution in [-0.4, -0.2) is 6.18 Å². The number of ether oxygens (including phenoxy) is 1. The van der Waals surface area contributed by atoms with Crippen LogP contribution >= 0.6 is 0 Å². The number of aryl methyl sites for hydroxylation is 3. The Balaban J connectivity index is 1.43. The Bertz CT molecular complexity index is 1030. The van der Waals surface area contributed by atoms with Gasteiger partial charge in [-0.05, 0) is 85.0 Å². The van der Waals surface area contributed by atoms with Gasteiger partial charge in [0, 0.05) is 0 Å². The Morgan fingerprint density at radius 3 is 2.42 bits per heavy atom. The van der Waals surface area contributed by atoms with Crippen LogP contribution in [0, 0.1) is 5.82 Å². The lowest BCUT2D eigenvalue weighted by molar-refractivity contribution is -0.152. The van der Waals surface area contributed by atoms with Gasteiger partial charge in [0.25, 0.3) is 0 Å². The monoisotopic (exact) mass is 428 g/mol. The lowest BCUT2D eigenvalue weighted by atomic mass is 9.90. The van der Waals surface area contributed by atoms with Crippen LogP contribution in [0.5, 0.6) is 11.5 Å². The molecule has 0 aromatic heterocycles. The molecule has 0 heterocycles. The number of hydrogen-bond acceptors (Lipinski definition) is 1. The second kappa shape index (κ2) is 9.13. The maximum Gasteiger partial charge on any atom is 0.395 e. The summed E-state index contributed by atoms with van der Waals surface area (Å²) in [5, 5.41) is 0. The van der Waals surface area contributed by atoms with E-state index in [2.05, 4.69) is 0 Å². The Labute approximate surface area is 179 Å². The first kappa shape index (κ1) is 21.4. The van der Waals surface area contributed by atoms with Crippen molar-refractivity contribution in [1.82, 2.24) is 0 Å².